The lowest BCUT2D eigenvalue weighted by Gasteiger charge is -2.06. The van der Waals surface area contributed by atoms with Gasteiger partial charge in [-0.1, -0.05) is 17.7 Å². The highest BCUT2D eigenvalue weighted by atomic mass is 35.5. The molecule has 1 aliphatic rings. The van der Waals surface area contributed by atoms with E-state index in [0.717, 1.165) is 16.7 Å². The average molecular weight is 183 g/mol. The SMILES string of the molecule is COc1cc(Cl)ccc1C1CC1. The van der Waals surface area contributed by atoms with E-state index in [2.05, 4.69) is 6.07 Å². The molecule has 12 heavy (non-hydrogen) atoms. The molecule has 0 saturated heterocycles. The van der Waals surface area contributed by atoms with E-state index >= 15 is 0 Å². The van der Waals surface area contributed by atoms with Gasteiger partial charge >= 0.3 is 0 Å². The molecule has 2 rings (SSSR count). The molecule has 0 bridgehead atoms. The Morgan fingerprint density at radius 2 is 2.17 bits per heavy atom. The minimum absolute atomic E-state index is 0.720. The number of hydrogen-bond acceptors (Lipinski definition) is 1. The highest BCUT2D eigenvalue weighted by Crippen LogP contribution is 2.44. The van der Waals surface area contributed by atoms with Crippen LogP contribution < -0.4 is 4.74 Å². The third kappa shape index (κ3) is 1.42. The standard InChI is InChI=1S/C10H11ClO/c1-12-10-6-8(11)4-5-9(10)7-2-3-7/h4-7H,2-3H2,1H3. The number of hydrogen-bond donors (Lipinski definition) is 0. The lowest BCUT2D eigenvalue weighted by molar-refractivity contribution is 0.410. The van der Waals surface area contributed by atoms with Crippen molar-refractivity contribution in [3.63, 3.8) is 0 Å². The van der Waals surface area contributed by atoms with Gasteiger partial charge in [-0.05, 0) is 36.5 Å². The van der Waals surface area contributed by atoms with Gasteiger partial charge < -0.3 is 4.74 Å². The molecular weight excluding hydrogens is 172 g/mol. The monoisotopic (exact) mass is 182 g/mol. The van der Waals surface area contributed by atoms with E-state index in [1.165, 1.54) is 18.4 Å². The van der Waals surface area contributed by atoms with Gasteiger partial charge in [-0.3, -0.25) is 0 Å². The number of halogens is 1. The first kappa shape index (κ1) is 7.93. The predicted molar refractivity (Wildman–Crippen MR) is 50.0 cm³/mol. The predicted octanol–water partition coefficient (Wildman–Crippen LogP) is 3.23. The quantitative estimate of drug-likeness (QED) is 0.683. The zero-order valence-corrected chi connectivity index (χ0v) is 7.77. The molecule has 1 aromatic carbocycles. The molecule has 0 aromatic heterocycles. The van der Waals surface area contributed by atoms with Crippen molar-refractivity contribution in [2.24, 2.45) is 0 Å². The van der Waals surface area contributed by atoms with Gasteiger partial charge in [0.05, 0.1) is 7.11 Å². The minimum Gasteiger partial charge on any atom is -0.496 e. The Hall–Kier alpha value is -0.690. The number of methoxy groups -OCH3 is 1. The van der Waals surface area contributed by atoms with Crippen LogP contribution in [-0.2, 0) is 0 Å². The molecule has 0 amide bonds. The van der Waals surface area contributed by atoms with E-state index in [1.807, 2.05) is 12.1 Å². The molecule has 0 atom stereocenters. The van der Waals surface area contributed by atoms with Gasteiger partial charge in [0.15, 0.2) is 0 Å². The summed E-state index contributed by atoms with van der Waals surface area (Å²) in [5.41, 5.74) is 1.31. The molecule has 0 spiro atoms. The maximum atomic E-state index is 5.84. The van der Waals surface area contributed by atoms with Crippen LogP contribution in [-0.4, -0.2) is 7.11 Å². The Morgan fingerprint density at radius 1 is 1.42 bits per heavy atom. The molecule has 1 fully saturated rings. The number of benzene rings is 1. The van der Waals surface area contributed by atoms with Crippen molar-refractivity contribution in [2.45, 2.75) is 18.8 Å². The van der Waals surface area contributed by atoms with Crippen LogP contribution in [0.25, 0.3) is 0 Å². The Bertz CT molecular complexity index is 292. The summed E-state index contributed by atoms with van der Waals surface area (Å²) in [4.78, 5) is 0. The van der Waals surface area contributed by atoms with Crippen LogP contribution in [0.15, 0.2) is 18.2 Å². The average Bonchev–Trinajstić information content (AvgIpc) is 2.87. The van der Waals surface area contributed by atoms with Gasteiger partial charge in [0.2, 0.25) is 0 Å². The molecule has 1 saturated carbocycles. The van der Waals surface area contributed by atoms with Crippen LogP contribution in [0.5, 0.6) is 5.75 Å². The van der Waals surface area contributed by atoms with Gasteiger partial charge in [0.25, 0.3) is 0 Å². The number of ether oxygens (including phenoxy) is 1. The van der Waals surface area contributed by atoms with Crippen LogP contribution in [0.3, 0.4) is 0 Å². The summed E-state index contributed by atoms with van der Waals surface area (Å²) in [5.74, 6) is 1.65. The fourth-order valence-corrected chi connectivity index (χ4v) is 1.58. The van der Waals surface area contributed by atoms with Crippen LogP contribution in [0, 0.1) is 0 Å². The molecule has 0 N–H and O–H groups in total. The van der Waals surface area contributed by atoms with Crippen molar-refractivity contribution < 1.29 is 4.74 Å². The first-order valence-corrected chi connectivity index (χ1v) is 4.52. The molecule has 1 aliphatic carbocycles. The second-order valence-corrected chi connectivity index (χ2v) is 3.60. The van der Waals surface area contributed by atoms with Gasteiger partial charge in [-0.15, -0.1) is 0 Å². The van der Waals surface area contributed by atoms with E-state index in [1.54, 1.807) is 7.11 Å². The summed E-state index contributed by atoms with van der Waals surface area (Å²) < 4.78 is 5.24. The van der Waals surface area contributed by atoms with Crippen molar-refractivity contribution in [1.29, 1.82) is 0 Å². The third-order valence-corrected chi connectivity index (χ3v) is 2.45. The zero-order chi connectivity index (χ0) is 8.55. The van der Waals surface area contributed by atoms with E-state index in [9.17, 15) is 0 Å². The van der Waals surface area contributed by atoms with Crippen molar-refractivity contribution >= 4 is 11.6 Å². The molecule has 1 aromatic rings. The molecule has 0 heterocycles. The van der Waals surface area contributed by atoms with Crippen molar-refractivity contribution in [2.75, 3.05) is 7.11 Å². The van der Waals surface area contributed by atoms with Crippen molar-refractivity contribution in [1.82, 2.24) is 0 Å². The summed E-state index contributed by atoms with van der Waals surface area (Å²) in [6, 6.07) is 5.88. The largest absolute Gasteiger partial charge is 0.496 e. The van der Waals surface area contributed by atoms with Crippen molar-refractivity contribution in [3.05, 3.63) is 28.8 Å². The van der Waals surface area contributed by atoms with E-state index in [-0.39, 0.29) is 0 Å². The van der Waals surface area contributed by atoms with Crippen LogP contribution >= 0.6 is 11.6 Å². The highest BCUT2D eigenvalue weighted by molar-refractivity contribution is 6.30. The van der Waals surface area contributed by atoms with Crippen molar-refractivity contribution in [3.8, 4) is 5.75 Å². The maximum Gasteiger partial charge on any atom is 0.123 e. The summed E-state index contributed by atoms with van der Waals surface area (Å²) in [7, 11) is 1.69. The molecule has 0 radical (unpaired) electrons. The summed E-state index contributed by atoms with van der Waals surface area (Å²) in [6.07, 6.45) is 2.58. The molecule has 0 unspecified atom stereocenters. The Morgan fingerprint density at radius 3 is 2.75 bits per heavy atom. The fraction of sp³-hybridized carbons (Fsp3) is 0.400. The Kier molecular flexibility index (Phi) is 1.97. The smallest absolute Gasteiger partial charge is 0.123 e. The van der Waals surface area contributed by atoms with Crippen LogP contribution in [0.1, 0.15) is 24.3 Å². The molecular formula is C10H11ClO. The van der Waals surface area contributed by atoms with Crippen LogP contribution in [0.4, 0.5) is 0 Å². The van der Waals surface area contributed by atoms with E-state index < -0.39 is 0 Å². The summed E-state index contributed by atoms with van der Waals surface area (Å²) in [5, 5.41) is 0.747. The second-order valence-electron chi connectivity index (χ2n) is 3.16. The lowest BCUT2D eigenvalue weighted by Crippen LogP contribution is -1.89. The molecule has 64 valence electrons. The highest BCUT2D eigenvalue weighted by Gasteiger charge is 2.26. The fourth-order valence-electron chi connectivity index (χ4n) is 1.42. The van der Waals surface area contributed by atoms with Gasteiger partial charge in [0, 0.05) is 5.02 Å². The lowest BCUT2D eigenvalue weighted by atomic mass is 10.1. The zero-order valence-electron chi connectivity index (χ0n) is 7.01. The summed E-state index contributed by atoms with van der Waals surface area (Å²) in [6.45, 7) is 0. The second kappa shape index (κ2) is 2.98. The Balaban J connectivity index is 2.38. The number of rotatable bonds is 2. The van der Waals surface area contributed by atoms with E-state index in [0.29, 0.717) is 0 Å². The molecule has 2 heteroatoms. The molecule has 0 aliphatic heterocycles. The van der Waals surface area contributed by atoms with Crippen LogP contribution in [0.2, 0.25) is 5.02 Å². The third-order valence-electron chi connectivity index (χ3n) is 2.21. The summed E-state index contributed by atoms with van der Waals surface area (Å²) >= 11 is 5.84. The normalized spacial score (nSPS) is 16.2. The van der Waals surface area contributed by atoms with Gasteiger partial charge in [-0.25, -0.2) is 0 Å². The van der Waals surface area contributed by atoms with Gasteiger partial charge in [-0.2, -0.15) is 0 Å². The Labute approximate surface area is 77.3 Å². The topological polar surface area (TPSA) is 9.23 Å². The minimum atomic E-state index is 0.720. The first-order chi connectivity index (χ1) is 5.81. The first-order valence-electron chi connectivity index (χ1n) is 4.14. The van der Waals surface area contributed by atoms with Gasteiger partial charge in [0.1, 0.15) is 5.75 Å². The molecule has 1 nitrogen and oxygen atoms in total. The van der Waals surface area contributed by atoms with E-state index in [4.69, 9.17) is 16.3 Å². The maximum absolute atomic E-state index is 5.84.